The number of hydrogen-bond donors (Lipinski definition) is 3. The van der Waals surface area contributed by atoms with Gasteiger partial charge in [0, 0.05) is 13.0 Å². The fourth-order valence-corrected chi connectivity index (χ4v) is 3.37. The summed E-state index contributed by atoms with van der Waals surface area (Å²) < 4.78 is 26.7. The maximum atomic E-state index is 12.1. The van der Waals surface area contributed by atoms with Crippen LogP contribution in [-0.2, 0) is 14.8 Å². The molecular weight excluding hydrogens is 294 g/mol. The number of carbonyl (C=O) groups is 1. The predicted molar refractivity (Wildman–Crippen MR) is 78.3 cm³/mol. The van der Waals surface area contributed by atoms with E-state index >= 15 is 0 Å². The third kappa shape index (κ3) is 5.47. The summed E-state index contributed by atoms with van der Waals surface area (Å²) in [6.45, 7) is 5.96. The number of carboxylic acids is 1. The van der Waals surface area contributed by atoms with Crippen molar-refractivity contribution >= 4 is 16.0 Å². The number of aryl methyl sites for hydroxylation is 1. The van der Waals surface area contributed by atoms with Crippen LogP contribution in [0.4, 0.5) is 0 Å². The van der Waals surface area contributed by atoms with Crippen LogP contribution >= 0.6 is 0 Å². The molecule has 0 aliphatic heterocycles. The van der Waals surface area contributed by atoms with Gasteiger partial charge in [0.2, 0.25) is 10.0 Å². The Labute approximate surface area is 125 Å². The van der Waals surface area contributed by atoms with E-state index in [9.17, 15) is 13.2 Å². The summed E-state index contributed by atoms with van der Waals surface area (Å²) in [7, 11) is -3.56. The Balaban J connectivity index is 2.54. The Bertz CT molecular complexity index is 566. The smallest absolute Gasteiger partial charge is 0.303 e. The zero-order chi connectivity index (χ0) is 16.0. The monoisotopic (exact) mass is 317 g/mol. The van der Waals surface area contributed by atoms with Crippen molar-refractivity contribution in [1.82, 2.24) is 14.9 Å². The second-order valence-corrected chi connectivity index (χ2v) is 7.22. The lowest BCUT2D eigenvalue weighted by molar-refractivity contribution is -0.137. The van der Waals surface area contributed by atoms with E-state index < -0.39 is 16.0 Å². The lowest BCUT2D eigenvalue weighted by atomic mass is 9.88. The van der Waals surface area contributed by atoms with Crippen LogP contribution in [0.15, 0.2) is 11.1 Å². The summed E-state index contributed by atoms with van der Waals surface area (Å²) in [4.78, 5) is 10.8. The molecule has 0 fully saturated rings. The van der Waals surface area contributed by atoms with Crippen molar-refractivity contribution in [3.63, 3.8) is 0 Å². The lowest BCUT2D eigenvalue weighted by Gasteiger charge is -2.20. The third-order valence-corrected chi connectivity index (χ3v) is 5.13. The molecule has 0 saturated carbocycles. The van der Waals surface area contributed by atoms with Crippen LogP contribution in [0, 0.1) is 18.8 Å². The Morgan fingerprint density at radius 3 is 2.57 bits per heavy atom. The molecule has 1 heterocycles. The molecule has 0 radical (unpaired) electrons. The largest absolute Gasteiger partial charge is 0.481 e. The normalized spacial score (nSPS) is 13.5. The minimum atomic E-state index is -3.56. The molecule has 1 unspecified atom stereocenters. The lowest BCUT2D eigenvalue weighted by Crippen LogP contribution is -2.27. The van der Waals surface area contributed by atoms with Crippen molar-refractivity contribution in [2.24, 2.45) is 11.8 Å². The molecule has 3 N–H and O–H groups in total. The van der Waals surface area contributed by atoms with E-state index in [4.69, 9.17) is 5.11 Å². The molecule has 7 nitrogen and oxygen atoms in total. The van der Waals surface area contributed by atoms with Crippen LogP contribution in [0.25, 0.3) is 0 Å². The van der Waals surface area contributed by atoms with E-state index in [0.29, 0.717) is 24.5 Å². The van der Waals surface area contributed by atoms with Crippen molar-refractivity contribution in [3.05, 3.63) is 11.9 Å². The van der Waals surface area contributed by atoms with Gasteiger partial charge in [-0.2, -0.15) is 5.10 Å². The summed E-state index contributed by atoms with van der Waals surface area (Å²) in [5.74, 6) is -0.339. The van der Waals surface area contributed by atoms with Gasteiger partial charge in [-0.25, -0.2) is 13.1 Å². The van der Waals surface area contributed by atoms with Gasteiger partial charge in [-0.1, -0.05) is 13.8 Å². The molecule has 1 aromatic rings. The summed E-state index contributed by atoms with van der Waals surface area (Å²) in [6, 6.07) is 0. The van der Waals surface area contributed by atoms with Crippen molar-refractivity contribution in [2.75, 3.05) is 6.54 Å². The van der Waals surface area contributed by atoms with Crippen LogP contribution in [-0.4, -0.2) is 36.2 Å². The highest BCUT2D eigenvalue weighted by Crippen LogP contribution is 2.21. The molecule has 0 amide bonds. The molecule has 120 valence electrons. The summed E-state index contributed by atoms with van der Waals surface area (Å²) in [5.41, 5.74) is 0.494. The van der Waals surface area contributed by atoms with Crippen molar-refractivity contribution in [2.45, 2.75) is 44.9 Å². The first-order valence-electron chi connectivity index (χ1n) is 6.95. The molecule has 0 aliphatic carbocycles. The Morgan fingerprint density at radius 1 is 1.43 bits per heavy atom. The van der Waals surface area contributed by atoms with E-state index in [0.717, 1.165) is 0 Å². The van der Waals surface area contributed by atoms with Crippen LogP contribution in [0.1, 0.15) is 38.8 Å². The topological polar surface area (TPSA) is 112 Å². The first-order chi connectivity index (χ1) is 9.74. The molecule has 1 atom stereocenters. The highest BCUT2D eigenvalue weighted by atomic mass is 32.2. The summed E-state index contributed by atoms with van der Waals surface area (Å²) >= 11 is 0. The molecule has 8 heteroatoms. The van der Waals surface area contributed by atoms with Gasteiger partial charge >= 0.3 is 5.97 Å². The fourth-order valence-electron chi connectivity index (χ4n) is 2.19. The minimum Gasteiger partial charge on any atom is -0.481 e. The molecule has 0 aliphatic rings. The van der Waals surface area contributed by atoms with Gasteiger partial charge in [0.15, 0.2) is 0 Å². The second-order valence-electron chi connectivity index (χ2n) is 5.48. The Kier molecular flexibility index (Phi) is 6.35. The van der Waals surface area contributed by atoms with Gasteiger partial charge in [0.1, 0.15) is 4.90 Å². The number of nitrogens with one attached hydrogen (secondary N) is 2. The third-order valence-electron chi connectivity index (χ3n) is 3.55. The van der Waals surface area contributed by atoms with E-state index in [-0.39, 0.29) is 23.8 Å². The SMILES string of the molecule is Cc1[nH]ncc1S(=O)(=O)NCCC(CCC(=O)O)C(C)C. The number of hydrogen-bond acceptors (Lipinski definition) is 4. The number of aliphatic carboxylic acids is 1. The van der Waals surface area contributed by atoms with Gasteiger partial charge in [0.25, 0.3) is 0 Å². The fraction of sp³-hybridized carbons (Fsp3) is 0.692. The van der Waals surface area contributed by atoms with E-state index in [2.05, 4.69) is 14.9 Å². The number of nitrogens with zero attached hydrogens (tertiary/aromatic N) is 1. The number of sulfonamides is 1. The average molecular weight is 317 g/mol. The number of carboxylic acid groups (broad SMARTS) is 1. The Hall–Kier alpha value is -1.41. The van der Waals surface area contributed by atoms with Gasteiger partial charge < -0.3 is 5.11 Å². The molecule has 21 heavy (non-hydrogen) atoms. The van der Waals surface area contributed by atoms with E-state index in [1.807, 2.05) is 13.8 Å². The second kappa shape index (κ2) is 7.56. The number of rotatable bonds is 9. The van der Waals surface area contributed by atoms with Gasteiger partial charge in [-0.15, -0.1) is 0 Å². The summed E-state index contributed by atoms with van der Waals surface area (Å²) in [5, 5.41) is 15.0. The molecule has 0 bridgehead atoms. The predicted octanol–water partition coefficient (Wildman–Crippen LogP) is 1.52. The summed E-state index contributed by atoms with van der Waals surface area (Å²) in [6.07, 6.45) is 2.55. The van der Waals surface area contributed by atoms with E-state index in [1.54, 1.807) is 6.92 Å². The van der Waals surface area contributed by atoms with Crippen LogP contribution in [0.5, 0.6) is 0 Å². The standard InChI is InChI=1S/C13H23N3O4S/c1-9(2)11(4-5-13(17)18)6-7-15-21(19,20)12-8-14-16-10(12)3/h8-9,11,15H,4-7H2,1-3H3,(H,14,16)(H,17,18). The molecule has 1 rings (SSSR count). The quantitative estimate of drug-likeness (QED) is 0.639. The van der Waals surface area contributed by atoms with Crippen molar-refractivity contribution in [1.29, 1.82) is 0 Å². The minimum absolute atomic E-state index is 0.108. The highest BCUT2D eigenvalue weighted by molar-refractivity contribution is 7.89. The number of H-pyrrole nitrogens is 1. The van der Waals surface area contributed by atoms with Gasteiger partial charge in [-0.05, 0) is 31.6 Å². The first kappa shape index (κ1) is 17.6. The molecule has 0 saturated heterocycles. The van der Waals surface area contributed by atoms with Gasteiger partial charge in [0.05, 0.1) is 11.9 Å². The number of aromatic amines is 1. The molecular formula is C13H23N3O4S. The maximum Gasteiger partial charge on any atom is 0.303 e. The van der Waals surface area contributed by atoms with Gasteiger partial charge in [-0.3, -0.25) is 9.89 Å². The van der Waals surface area contributed by atoms with Crippen LogP contribution in [0.3, 0.4) is 0 Å². The molecule has 1 aromatic heterocycles. The zero-order valence-corrected chi connectivity index (χ0v) is 13.4. The van der Waals surface area contributed by atoms with Crippen molar-refractivity contribution in [3.8, 4) is 0 Å². The Morgan fingerprint density at radius 2 is 2.10 bits per heavy atom. The maximum absolute atomic E-state index is 12.1. The van der Waals surface area contributed by atoms with Crippen LogP contribution < -0.4 is 4.72 Å². The average Bonchev–Trinajstić information content (AvgIpc) is 2.79. The van der Waals surface area contributed by atoms with E-state index in [1.165, 1.54) is 6.20 Å². The first-order valence-corrected chi connectivity index (χ1v) is 8.43. The molecule has 0 aromatic carbocycles. The van der Waals surface area contributed by atoms with Crippen molar-refractivity contribution < 1.29 is 18.3 Å². The van der Waals surface area contributed by atoms with Crippen LogP contribution in [0.2, 0.25) is 0 Å². The highest BCUT2D eigenvalue weighted by Gasteiger charge is 2.20. The number of aromatic nitrogens is 2. The zero-order valence-electron chi connectivity index (χ0n) is 12.6. The molecule has 0 spiro atoms.